The summed E-state index contributed by atoms with van der Waals surface area (Å²) < 4.78 is 4.74. The molecule has 0 heterocycles. The van der Waals surface area contributed by atoms with Gasteiger partial charge in [0.1, 0.15) is 0 Å². The van der Waals surface area contributed by atoms with E-state index in [0.717, 1.165) is 6.92 Å². The van der Waals surface area contributed by atoms with Crippen molar-refractivity contribution in [2.45, 2.75) is 39.7 Å². The highest BCUT2D eigenvalue weighted by atomic mass is 17.2. The van der Waals surface area contributed by atoms with Crippen LogP contribution in [0.25, 0.3) is 0 Å². The lowest BCUT2D eigenvalue weighted by Crippen LogP contribution is -2.28. The van der Waals surface area contributed by atoms with Crippen LogP contribution in [-0.4, -0.2) is 24.0 Å². The molecule has 6 heteroatoms. The van der Waals surface area contributed by atoms with Crippen molar-refractivity contribution in [3.05, 3.63) is 0 Å². The molecule has 1 unspecified atom stereocenters. The number of ether oxygens (including phenoxy) is 1. The summed E-state index contributed by atoms with van der Waals surface area (Å²) in [6, 6.07) is 0. The third kappa shape index (κ3) is 5.66. The van der Waals surface area contributed by atoms with Crippen molar-refractivity contribution in [1.82, 2.24) is 0 Å². The molecule has 0 rings (SSSR count). The van der Waals surface area contributed by atoms with Gasteiger partial charge >= 0.3 is 17.9 Å². The van der Waals surface area contributed by atoms with Crippen LogP contribution in [0.4, 0.5) is 0 Å². The lowest BCUT2D eigenvalue weighted by atomic mass is 10.3. The van der Waals surface area contributed by atoms with E-state index in [0.29, 0.717) is 0 Å². The quantitative estimate of drug-likeness (QED) is 0.393. The summed E-state index contributed by atoms with van der Waals surface area (Å²) in [5, 5.41) is 0. The molecule has 0 aromatic heterocycles. The van der Waals surface area contributed by atoms with Gasteiger partial charge in [-0.15, -0.1) is 0 Å². The molecule has 0 aliphatic carbocycles. The maximum atomic E-state index is 11.2. The fourth-order valence-corrected chi connectivity index (χ4v) is 0.694. The molecule has 0 saturated carbocycles. The molecule has 6 nitrogen and oxygen atoms in total. The Morgan fingerprint density at radius 1 is 1.13 bits per heavy atom. The first-order valence-corrected chi connectivity index (χ1v) is 4.59. The maximum Gasteiger partial charge on any atom is 0.395 e. The van der Waals surface area contributed by atoms with Crippen LogP contribution in [0.3, 0.4) is 0 Å². The molecule has 0 spiro atoms. The minimum absolute atomic E-state index is 0.164. The van der Waals surface area contributed by atoms with Crippen LogP contribution in [0.1, 0.15) is 33.6 Å². The lowest BCUT2D eigenvalue weighted by molar-refractivity contribution is -0.263. The highest BCUT2D eigenvalue weighted by Crippen LogP contribution is 2.03. The molecule has 0 N–H and O–H groups in total. The molecule has 0 bridgehead atoms. The van der Waals surface area contributed by atoms with Gasteiger partial charge in [0, 0.05) is 13.3 Å². The molecular weight excluding hydrogens is 204 g/mol. The Kier molecular flexibility index (Phi) is 6.08. The van der Waals surface area contributed by atoms with Gasteiger partial charge in [-0.2, -0.15) is 0 Å². The monoisotopic (exact) mass is 218 g/mol. The maximum absolute atomic E-state index is 11.2. The second kappa shape index (κ2) is 6.80. The van der Waals surface area contributed by atoms with Gasteiger partial charge in [0.2, 0.25) is 6.10 Å². The number of hydrogen-bond donors (Lipinski definition) is 0. The van der Waals surface area contributed by atoms with E-state index in [1.54, 1.807) is 13.8 Å². The van der Waals surface area contributed by atoms with Gasteiger partial charge in [-0.25, -0.2) is 19.4 Å². The average molecular weight is 218 g/mol. The van der Waals surface area contributed by atoms with E-state index < -0.39 is 24.0 Å². The second-order valence-electron chi connectivity index (χ2n) is 2.72. The average Bonchev–Trinajstić information content (AvgIpc) is 2.21. The zero-order valence-corrected chi connectivity index (χ0v) is 8.94. The Hall–Kier alpha value is -1.59. The fraction of sp³-hybridized carbons (Fsp3) is 0.667. The number of carbonyl (C=O) groups is 3. The highest BCUT2D eigenvalue weighted by Gasteiger charge is 2.23. The third-order valence-electron chi connectivity index (χ3n) is 1.44. The molecule has 1 atom stereocenters. The third-order valence-corrected chi connectivity index (χ3v) is 1.44. The molecule has 0 fully saturated rings. The van der Waals surface area contributed by atoms with Crippen LogP contribution in [0, 0.1) is 0 Å². The summed E-state index contributed by atoms with van der Waals surface area (Å²) in [6.45, 7) is 4.33. The van der Waals surface area contributed by atoms with Gasteiger partial charge in [-0.3, -0.25) is 4.79 Å². The van der Waals surface area contributed by atoms with E-state index in [1.165, 1.54) is 0 Å². The van der Waals surface area contributed by atoms with Crippen LogP contribution < -0.4 is 0 Å². The van der Waals surface area contributed by atoms with Crippen molar-refractivity contribution in [1.29, 1.82) is 0 Å². The molecule has 0 amide bonds. The Balaban J connectivity index is 4.10. The Morgan fingerprint density at radius 2 is 1.73 bits per heavy atom. The molecular formula is C9H14O6. The normalized spacial score (nSPS) is 11.4. The van der Waals surface area contributed by atoms with Crippen molar-refractivity contribution >= 4 is 17.9 Å². The zero-order chi connectivity index (χ0) is 11.8. The summed E-state index contributed by atoms with van der Waals surface area (Å²) in [7, 11) is 0. The lowest BCUT2D eigenvalue weighted by Gasteiger charge is -2.12. The van der Waals surface area contributed by atoms with Crippen LogP contribution in [0.2, 0.25) is 0 Å². The summed E-state index contributed by atoms with van der Waals surface area (Å²) in [4.78, 5) is 40.5. The fourth-order valence-electron chi connectivity index (χ4n) is 0.694. The van der Waals surface area contributed by atoms with Crippen molar-refractivity contribution in [3.8, 4) is 0 Å². The predicted molar refractivity (Wildman–Crippen MR) is 48.3 cm³/mol. The topological polar surface area (TPSA) is 78.9 Å². The summed E-state index contributed by atoms with van der Waals surface area (Å²) in [6.07, 6.45) is -0.611. The van der Waals surface area contributed by atoms with Crippen molar-refractivity contribution in [2.75, 3.05) is 0 Å². The molecule has 0 saturated heterocycles. The molecule has 0 aromatic carbocycles. The second-order valence-corrected chi connectivity index (χ2v) is 2.72. The van der Waals surface area contributed by atoms with Crippen LogP contribution >= 0.6 is 0 Å². The molecule has 0 radical (unpaired) electrons. The standard InChI is InChI=1S/C9H14O6/c1-4-7(13-8(11)5-2)9(12)15-14-6(3)10/h7H,4-5H2,1-3H3. The number of carbonyl (C=O) groups excluding carboxylic acids is 3. The first-order chi connectivity index (χ1) is 7.01. The minimum atomic E-state index is -1.03. The molecule has 0 aromatic rings. The smallest absolute Gasteiger partial charge is 0.395 e. The predicted octanol–water partition coefficient (Wildman–Crippen LogP) is 0.740. The number of hydrogen-bond acceptors (Lipinski definition) is 6. The van der Waals surface area contributed by atoms with E-state index in [-0.39, 0.29) is 12.8 Å². The first kappa shape index (κ1) is 13.4. The Bertz CT molecular complexity index is 247. The van der Waals surface area contributed by atoms with Gasteiger partial charge in [-0.05, 0) is 6.42 Å². The Labute approximate surface area is 87.4 Å². The molecule has 15 heavy (non-hydrogen) atoms. The summed E-state index contributed by atoms with van der Waals surface area (Å²) in [5.41, 5.74) is 0. The van der Waals surface area contributed by atoms with Crippen LogP contribution in [-0.2, 0) is 28.9 Å². The van der Waals surface area contributed by atoms with Gasteiger partial charge < -0.3 is 4.74 Å². The van der Waals surface area contributed by atoms with Crippen molar-refractivity contribution in [2.24, 2.45) is 0 Å². The van der Waals surface area contributed by atoms with Crippen molar-refractivity contribution < 1.29 is 28.9 Å². The van der Waals surface area contributed by atoms with E-state index in [4.69, 9.17) is 4.74 Å². The van der Waals surface area contributed by atoms with E-state index >= 15 is 0 Å². The SMILES string of the molecule is CCC(=O)OC(CC)C(=O)OOC(C)=O. The Morgan fingerprint density at radius 3 is 2.13 bits per heavy atom. The van der Waals surface area contributed by atoms with Gasteiger partial charge in [-0.1, -0.05) is 13.8 Å². The van der Waals surface area contributed by atoms with Crippen LogP contribution in [0.15, 0.2) is 0 Å². The highest BCUT2D eigenvalue weighted by molar-refractivity contribution is 5.79. The molecule has 86 valence electrons. The molecule has 0 aliphatic heterocycles. The minimum Gasteiger partial charge on any atom is -0.450 e. The van der Waals surface area contributed by atoms with E-state index in [1.807, 2.05) is 0 Å². The van der Waals surface area contributed by atoms with E-state index in [9.17, 15) is 14.4 Å². The molecule has 0 aliphatic rings. The summed E-state index contributed by atoms with van der Waals surface area (Å²) in [5.74, 6) is -2.16. The van der Waals surface area contributed by atoms with E-state index in [2.05, 4.69) is 9.78 Å². The van der Waals surface area contributed by atoms with Crippen molar-refractivity contribution in [3.63, 3.8) is 0 Å². The van der Waals surface area contributed by atoms with Gasteiger partial charge in [0.25, 0.3) is 0 Å². The van der Waals surface area contributed by atoms with Gasteiger partial charge in [0.15, 0.2) is 0 Å². The largest absolute Gasteiger partial charge is 0.450 e. The summed E-state index contributed by atoms with van der Waals surface area (Å²) >= 11 is 0. The number of esters is 1. The first-order valence-electron chi connectivity index (χ1n) is 4.59. The zero-order valence-electron chi connectivity index (χ0n) is 8.94. The van der Waals surface area contributed by atoms with Gasteiger partial charge in [0.05, 0.1) is 0 Å². The van der Waals surface area contributed by atoms with Crippen LogP contribution in [0.5, 0.6) is 0 Å². The number of rotatable bonds is 4.